The highest BCUT2D eigenvalue weighted by atomic mass is 32.2. The minimum absolute atomic E-state index is 0.0978. The second-order valence-corrected chi connectivity index (χ2v) is 10.8. The van der Waals surface area contributed by atoms with Crippen molar-refractivity contribution in [3.05, 3.63) is 35.9 Å². The predicted molar refractivity (Wildman–Crippen MR) is 124 cm³/mol. The van der Waals surface area contributed by atoms with Gasteiger partial charge in [0.2, 0.25) is 5.91 Å². The van der Waals surface area contributed by atoms with Crippen LogP contribution in [-0.4, -0.2) is 53.4 Å². The zero-order valence-electron chi connectivity index (χ0n) is 19.2. The van der Waals surface area contributed by atoms with Gasteiger partial charge in [-0.15, -0.1) is 0 Å². The topological polar surface area (TPSA) is 156 Å². The van der Waals surface area contributed by atoms with Crippen molar-refractivity contribution in [2.45, 2.75) is 82.4 Å². The molecule has 0 radical (unpaired) electrons. The summed E-state index contributed by atoms with van der Waals surface area (Å²) in [4.78, 5) is 25.4. The zero-order chi connectivity index (χ0) is 24.6. The van der Waals surface area contributed by atoms with Crippen molar-refractivity contribution in [3.63, 3.8) is 0 Å². The summed E-state index contributed by atoms with van der Waals surface area (Å²) in [6.45, 7) is 3.62. The number of aliphatic hydroxyl groups excluding tert-OH is 1. The van der Waals surface area contributed by atoms with E-state index in [2.05, 4.69) is 5.32 Å². The van der Waals surface area contributed by atoms with Crippen molar-refractivity contribution in [3.8, 4) is 0 Å². The Morgan fingerprint density at radius 1 is 1.15 bits per heavy atom. The third kappa shape index (κ3) is 8.37. The number of hydrogen-bond donors (Lipinski definition) is 4. The smallest absolute Gasteiger partial charge is 0.337 e. The number of amides is 1. The minimum atomic E-state index is -4.73. The van der Waals surface area contributed by atoms with Gasteiger partial charge in [-0.3, -0.25) is 9.35 Å². The van der Waals surface area contributed by atoms with Crippen molar-refractivity contribution in [1.82, 2.24) is 5.32 Å². The van der Waals surface area contributed by atoms with Gasteiger partial charge in [0.1, 0.15) is 11.9 Å². The van der Waals surface area contributed by atoms with Gasteiger partial charge >= 0.3 is 5.97 Å². The van der Waals surface area contributed by atoms with Crippen LogP contribution in [0.25, 0.3) is 0 Å². The molecule has 0 aliphatic heterocycles. The number of rotatable bonds is 11. The van der Waals surface area contributed by atoms with Crippen LogP contribution >= 0.6 is 0 Å². The largest absolute Gasteiger partial charge is 0.459 e. The summed E-state index contributed by atoms with van der Waals surface area (Å²) < 4.78 is 40.1. The molecule has 1 aromatic rings. The Labute approximate surface area is 195 Å². The van der Waals surface area contributed by atoms with Crippen molar-refractivity contribution in [2.24, 2.45) is 17.6 Å². The molecule has 4 atom stereocenters. The standard InChI is InChI=1S/C23H36N2O7S/c1-15(2)13-18(24)22(27)25-19(21(33(29,30)31)17-11-7-4-8-12-17)20(26)23(28)32-14-16-9-5-3-6-10-16/h3,5-6,9-10,15,17-21,26H,4,7-8,11-14,24H2,1-2H3,(H,25,27)(H,29,30,31)/t18-,19?,20?,21?/m0/s1. The highest BCUT2D eigenvalue weighted by molar-refractivity contribution is 7.86. The third-order valence-electron chi connectivity index (χ3n) is 5.99. The van der Waals surface area contributed by atoms with Crippen molar-refractivity contribution >= 4 is 22.0 Å². The monoisotopic (exact) mass is 484 g/mol. The second-order valence-electron chi connectivity index (χ2n) is 9.19. The SMILES string of the molecule is CC(C)C[C@H](N)C(=O)NC(C(O)C(=O)OCc1ccccc1)C(C1CCCCC1)S(=O)(=O)O. The number of ether oxygens (including phenoxy) is 1. The first-order valence-corrected chi connectivity index (χ1v) is 12.9. The number of benzene rings is 1. The number of esters is 1. The predicted octanol–water partition coefficient (Wildman–Crippen LogP) is 1.79. The van der Waals surface area contributed by atoms with Gasteiger partial charge in [-0.05, 0) is 36.7 Å². The normalized spacial score (nSPS) is 18.8. The van der Waals surface area contributed by atoms with Crippen molar-refractivity contribution in [2.75, 3.05) is 0 Å². The molecule has 186 valence electrons. The van der Waals surface area contributed by atoms with Gasteiger partial charge < -0.3 is 20.9 Å². The maximum Gasteiger partial charge on any atom is 0.337 e. The van der Waals surface area contributed by atoms with Gasteiger partial charge in [0, 0.05) is 0 Å². The maximum atomic E-state index is 12.7. The summed E-state index contributed by atoms with van der Waals surface area (Å²) in [5, 5.41) is 11.7. The summed E-state index contributed by atoms with van der Waals surface area (Å²) in [6, 6.07) is 6.21. The Morgan fingerprint density at radius 2 is 1.76 bits per heavy atom. The van der Waals surface area contributed by atoms with Crippen molar-refractivity contribution < 1.29 is 32.4 Å². The van der Waals surface area contributed by atoms with Gasteiger partial charge in [-0.25, -0.2) is 4.79 Å². The highest BCUT2D eigenvalue weighted by Crippen LogP contribution is 2.32. The molecule has 9 nitrogen and oxygen atoms in total. The summed E-state index contributed by atoms with van der Waals surface area (Å²) in [6.07, 6.45) is 1.72. The van der Waals surface area contributed by atoms with Gasteiger partial charge in [-0.2, -0.15) is 8.42 Å². The molecule has 2 rings (SSSR count). The second kappa shape index (κ2) is 12.5. The molecule has 0 saturated heterocycles. The number of aliphatic hydroxyl groups is 1. The number of carbonyl (C=O) groups is 2. The molecule has 0 heterocycles. The molecule has 0 bridgehead atoms. The van der Waals surface area contributed by atoms with Crippen LogP contribution in [0.1, 0.15) is 57.9 Å². The van der Waals surface area contributed by atoms with Gasteiger partial charge in [0.05, 0.1) is 12.1 Å². The Bertz CT molecular complexity index is 870. The minimum Gasteiger partial charge on any atom is -0.459 e. The van der Waals surface area contributed by atoms with Crippen LogP contribution < -0.4 is 11.1 Å². The molecule has 5 N–H and O–H groups in total. The fraction of sp³-hybridized carbons (Fsp3) is 0.652. The van der Waals surface area contributed by atoms with E-state index in [4.69, 9.17) is 10.5 Å². The van der Waals surface area contributed by atoms with Crippen LogP contribution in [0.2, 0.25) is 0 Å². The van der Waals surface area contributed by atoms with Crippen LogP contribution in [0.4, 0.5) is 0 Å². The maximum absolute atomic E-state index is 12.7. The lowest BCUT2D eigenvalue weighted by Gasteiger charge is -2.36. The molecule has 1 aliphatic rings. The van der Waals surface area contributed by atoms with E-state index in [-0.39, 0.29) is 12.5 Å². The first kappa shape index (κ1) is 27.2. The number of nitrogens with one attached hydrogen (secondary N) is 1. The fourth-order valence-electron chi connectivity index (χ4n) is 4.37. The molecule has 1 saturated carbocycles. The number of carbonyl (C=O) groups excluding carboxylic acids is 2. The van der Waals surface area contributed by atoms with Gasteiger partial charge in [0.25, 0.3) is 10.1 Å². The first-order valence-electron chi connectivity index (χ1n) is 11.4. The lowest BCUT2D eigenvalue weighted by molar-refractivity contribution is -0.157. The molecular weight excluding hydrogens is 448 g/mol. The number of hydrogen-bond acceptors (Lipinski definition) is 7. The summed E-state index contributed by atoms with van der Waals surface area (Å²) >= 11 is 0. The van der Waals surface area contributed by atoms with Crippen molar-refractivity contribution in [1.29, 1.82) is 0 Å². The molecule has 0 spiro atoms. The van der Waals surface area contributed by atoms with Gasteiger partial charge in [-0.1, -0.05) is 63.4 Å². The number of nitrogens with two attached hydrogens (primary N) is 1. The van der Waals surface area contributed by atoms with E-state index < -0.39 is 51.4 Å². The molecule has 1 aliphatic carbocycles. The van der Waals surface area contributed by atoms with E-state index in [0.717, 1.165) is 19.3 Å². The molecule has 33 heavy (non-hydrogen) atoms. The average Bonchev–Trinajstić information content (AvgIpc) is 2.76. The fourth-order valence-corrected chi connectivity index (χ4v) is 5.72. The Balaban J connectivity index is 2.28. The van der Waals surface area contributed by atoms with Gasteiger partial charge in [0.15, 0.2) is 6.10 Å². The molecule has 3 unspecified atom stereocenters. The Kier molecular flexibility index (Phi) is 10.3. The lowest BCUT2D eigenvalue weighted by Crippen LogP contribution is -2.60. The van der Waals surface area contributed by atoms with E-state index in [1.807, 2.05) is 13.8 Å². The highest BCUT2D eigenvalue weighted by Gasteiger charge is 2.46. The Hall–Kier alpha value is -2.01. The zero-order valence-corrected chi connectivity index (χ0v) is 20.0. The molecular formula is C23H36N2O7S. The summed E-state index contributed by atoms with van der Waals surface area (Å²) in [5.41, 5.74) is 6.62. The van der Waals surface area contributed by atoms with Crippen LogP contribution in [0.15, 0.2) is 30.3 Å². The van der Waals surface area contributed by atoms with E-state index >= 15 is 0 Å². The molecule has 1 aromatic carbocycles. The first-order chi connectivity index (χ1) is 15.5. The van der Waals surface area contributed by atoms with Crippen LogP contribution in [0.5, 0.6) is 0 Å². The van der Waals surface area contributed by atoms with E-state index in [1.54, 1.807) is 30.3 Å². The van der Waals surface area contributed by atoms with E-state index in [1.165, 1.54) is 0 Å². The van der Waals surface area contributed by atoms with Crippen LogP contribution in [0, 0.1) is 11.8 Å². The lowest BCUT2D eigenvalue weighted by atomic mass is 9.83. The quantitative estimate of drug-likeness (QED) is 0.274. The van der Waals surface area contributed by atoms with E-state index in [0.29, 0.717) is 24.8 Å². The summed E-state index contributed by atoms with van der Waals surface area (Å²) in [7, 11) is -4.73. The summed E-state index contributed by atoms with van der Waals surface area (Å²) in [5.74, 6) is -2.23. The molecule has 1 amide bonds. The van der Waals surface area contributed by atoms with Crippen LogP contribution in [-0.2, 0) is 31.1 Å². The van der Waals surface area contributed by atoms with E-state index in [9.17, 15) is 27.7 Å². The molecule has 0 aromatic heterocycles. The molecule has 1 fully saturated rings. The third-order valence-corrected chi connectivity index (χ3v) is 7.35. The van der Waals surface area contributed by atoms with Crippen LogP contribution in [0.3, 0.4) is 0 Å². The molecule has 10 heteroatoms. The average molecular weight is 485 g/mol. The Morgan fingerprint density at radius 3 is 2.30 bits per heavy atom.